The van der Waals surface area contributed by atoms with Gasteiger partial charge in [0.05, 0.1) is 11.4 Å². The van der Waals surface area contributed by atoms with Crippen LogP contribution in [0.2, 0.25) is 0 Å². The van der Waals surface area contributed by atoms with Crippen LogP contribution in [0.25, 0.3) is 65.0 Å². The molecule has 56 heavy (non-hydrogen) atoms. The summed E-state index contributed by atoms with van der Waals surface area (Å²) in [5, 5.41) is 12.4. The second kappa shape index (κ2) is 13.2. The molecule has 0 aromatic heterocycles. The van der Waals surface area contributed by atoms with E-state index in [9.17, 15) is 0 Å². The van der Waals surface area contributed by atoms with E-state index in [1.54, 1.807) is 0 Å². The van der Waals surface area contributed by atoms with Crippen LogP contribution in [0.4, 0.5) is 34.1 Å². The first kappa shape index (κ1) is 32.0. The molecule has 0 fully saturated rings. The van der Waals surface area contributed by atoms with Gasteiger partial charge in [0.15, 0.2) is 0 Å². The van der Waals surface area contributed by atoms with Gasteiger partial charge in [-0.25, -0.2) is 0 Å². The number of fused-ring (bicyclic) bond motifs is 2. The van der Waals surface area contributed by atoms with Crippen LogP contribution in [0, 0.1) is 0 Å². The average Bonchev–Trinajstić information content (AvgIpc) is 3.27. The predicted octanol–water partition coefficient (Wildman–Crippen LogP) is 15.5. The maximum absolute atomic E-state index is 2.46. The molecule has 11 rings (SSSR count). The molecule has 11 aromatic rings. The summed E-state index contributed by atoms with van der Waals surface area (Å²) in [6.07, 6.45) is 0. The van der Waals surface area contributed by atoms with E-state index in [-0.39, 0.29) is 0 Å². The molecule has 11 aromatic carbocycles. The molecule has 0 N–H and O–H groups in total. The Morgan fingerprint density at radius 1 is 0.250 bits per heavy atom. The third-order valence-electron chi connectivity index (χ3n) is 11.3. The predicted molar refractivity (Wildman–Crippen MR) is 240 cm³/mol. The first-order valence-corrected chi connectivity index (χ1v) is 19.3. The van der Waals surface area contributed by atoms with E-state index in [2.05, 4.69) is 228 Å². The quantitative estimate of drug-likeness (QED) is 0.120. The van der Waals surface area contributed by atoms with Crippen molar-refractivity contribution in [3.05, 3.63) is 218 Å². The summed E-state index contributed by atoms with van der Waals surface area (Å²) in [6, 6.07) is 79.5. The second-order valence-electron chi connectivity index (χ2n) is 14.5. The third-order valence-corrected chi connectivity index (χ3v) is 11.3. The highest BCUT2D eigenvalue weighted by atomic mass is 15.1. The number of para-hydroxylation sites is 4. The van der Waals surface area contributed by atoms with Crippen molar-refractivity contribution >= 4 is 88.0 Å². The molecule has 0 radical (unpaired) electrons. The largest absolute Gasteiger partial charge is 0.310 e. The van der Waals surface area contributed by atoms with Gasteiger partial charge in [-0.1, -0.05) is 152 Å². The minimum Gasteiger partial charge on any atom is -0.310 e. The van der Waals surface area contributed by atoms with Gasteiger partial charge < -0.3 is 9.80 Å². The van der Waals surface area contributed by atoms with Gasteiger partial charge in [0.1, 0.15) is 0 Å². The Morgan fingerprint density at radius 2 is 0.661 bits per heavy atom. The Hall–Kier alpha value is -7.42. The fraction of sp³-hybridized carbons (Fsp3) is 0. The molecule has 0 spiro atoms. The highest BCUT2D eigenvalue weighted by Crippen LogP contribution is 2.51. The maximum Gasteiger partial charge on any atom is 0.0546 e. The van der Waals surface area contributed by atoms with Crippen LogP contribution >= 0.6 is 0 Å². The third kappa shape index (κ3) is 5.11. The zero-order chi connectivity index (χ0) is 37.0. The Balaban J connectivity index is 1.31. The molecule has 0 atom stereocenters. The van der Waals surface area contributed by atoms with Crippen molar-refractivity contribution in [2.45, 2.75) is 0 Å². The van der Waals surface area contributed by atoms with Crippen LogP contribution in [0.15, 0.2) is 218 Å². The number of hydrogen-bond acceptors (Lipinski definition) is 2. The van der Waals surface area contributed by atoms with E-state index in [1.165, 1.54) is 65.0 Å². The Morgan fingerprint density at radius 3 is 1.20 bits per heavy atom. The lowest BCUT2D eigenvalue weighted by atomic mass is 9.85. The van der Waals surface area contributed by atoms with Gasteiger partial charge >= 0.3 is 0 Å². The molecule has 0 unspecified atom stereocenters. The van der Waals surface area contributed by atoms with Crippen molar-refractivity contribution in [3.8, 4) is 11.1 Å². The summed E-state index contributed by atoms with van der Waals surface area (Å²) in [5.74, 6) is 0. The van der Waals surface area contributed by atoms with Crippen molar-refractivity contribution < 1.29 is 0 Å². The van der Waals surface area contributed by atoms with Gasteiger partial charge in [-0.3, -0.25) is 0 Å². The molecule has 0 bridgehead atoms. The van der Waals surface area contributed by atoms with Crippen LogP contribution in [0.5, 0.6) is 0 Å². The molecule has 0 heterocycles. The topological polar surface area (TPSA) is 6.48 Å². The average molecular weight is 713 g/mol. The second-order valence-corrected chi connectivity index (χ2v) is 14.5. The number of nitrogens with zero attached hydrogens (tertiary/aromatic N) is 2. The minimum atomic E-state index is 1.11. The van der Waals surface area contributed by atoms with Crippen molar-refractivity contribution in [1.82, 2.24) is 0 Å². The first-order chi connectivity index (χ1) is 27.8. The number of hydrogen-bond donors (Lipinski definition) is 0. The molecule has 2 nitrogen and oxygen atoms in total. The molecule has 2 heteroatoms. The number of rotatable bonds is 7. The lowest BCUT2D eigenvalue weighted by molar-refractivity contribution is 1.30. The SMILES string of the molecule is c1ccc(N(c2ccccc2)c2ccc3ccc4c(N(c5ccccc5)c5ccccc5)cc(-c5c6ccccc6cc6ccccc56)c5ccc2c3c54)cc1. The number of anilines is 6. The van der Waals surface area contributed by atoms with Crippen molar-refractivity contribution in [3.63, 3.8) is 0 Å². The van der Waals surface area contributed by atoms with Crippen molar-refractivity contribution in [1.29, 1.82) is 0 Å². The van der Waals surface area contributed by atoms with Crippen LogP contribution in [0.1, 0.15) is 0 Å². The molecule has 0 saturated heterocycles. The lowest BCUT2D eigenvalue weighted by Gasteiger charge is -2.30. The first-order valence-electron chi connectivity index (χ1n) is 19.3. The summed E-state index contributed by atoms with van der Waals surface area (Å²) in [6.45, 7) is 0. The fourth-order valence-electron chi connectivity index (χ4n) is 8.92. The van der Waals surface area contributed by atoms with Crippen molar-refractivity contribution in [2.75, 3.05) is 9.80 Å². The lowest BCUT2D eigenvalue weighted by Crippen LogP contribution is -2.11. The summed E-state index contributed by atoms with van der Waals surface area (Å²) in [5.41, 5.74) is 9.24. The van der Waals surface area contributed by atoms with Gasteiger partial charge in [0, 0.05) is 38.9 Å². The van der Waals surface area contributed by atoms with Crippen LogP contribution in [-0.4, -0.2) is 0 Å². The highest BCUT2D eigenvalue weighted by Gasteiger charge is 2.25. The monoisotopic (exact) mass is 712 g/mol. The maximum atomic E-state index is 2.46. The Labute approximate surface area is 326 Å². The summed E-state index contributed by atoms with van der Waals surface area (Å²) in [4.78, 5) is 4.83. The Bertz CT molecular complexity index is 3040. The molecular weight excluding hydrogens is 677 g/mol. The van der Waals surface area contributed by atoms with E-state index in [1.807, 2.05) is 0 Å². The van der Waals surface area contributed by atoms with Crippen LogP contribution < -0.4 is 9.80 Å². The molecule has 0 aliphatic carbocycles. The van der Waals surface area contributed by atoms with Crippen molar-refractivity contribution in [2.24, 2.45) is 0 Å². The normalized spacial score (nSPS) is 11.6. The molecule has 0 saturated carbocycles. The van der Waals surface area contributed by atoms with E-state index >= 15 is 0 Å². The fourth-order valence-corrected chi connectivity index (χ4v) is 8.92. The van der Waals surface area contributed by atoms with Gasteiger partial charge in [0.25, 0.3) is 0 Å². The molecule has 0 aliphatic heterocycles. The van der Waals surface area contributed by atoms with Gasteiger partial charge in [0.2, 0.25) is 0 Å². The standard InChI is InChI=1S/C54H36N2/c1-5-19-40(20-6-1)55(41-21-7-2-8-22-41)50-34-30-37-29-31-48-51(56(42-23-9-3-10-24-42)43-25-11-4-12-26-43)36-49(46-32-33-47(50)52(37)54(46)48)53-44-27-15-13-17-38(44)35-39-18-14-16-28-45(39)53/h1-36H. The van der Waals surface area contributed by atoms with Crippen LogP contribution in [-0.2, 0) is 0 Å². The molecule has 262 valence electrons. The zero-order valence-electron chi connectivity index (χ0n) is 30.7. The summed E-state index contributed by atoms with van der Waals surface area (Å²) < 4.78 is 0. The zero-order valence-corrected chi connectivity index (χ0v) is 30.7. The summed E-state index contributed by atoms with van der Waals surface area (Å²) >= 11 is 0. The molecular formula is C54H36N2. The van der Waals surface area contributed by atoms with E-state index < -0.39 is 0 Å². The molecule has 0 aliphatic rings. The minimum absolute atomic E-state index is 1.11. The van der Waals surface area contributed by atoms with Gasteiger partial charge in [-0.05, 0) is 116 Å². The van der Waals surface area contributed by atoms with Gasteiger partial charge in [-0.2, -0.15) is 0 Å². The van der Waals surface area contributed by atoms with E-state index in [4.69, 9.17) is 0 Å². The van der Waals surface area contributed by atoms with Crippen LogP contribution in [0.3, 0.4) is 0 Å². The Kier molecular flexibility index (Phi) is 7.53. The van der Waals surface area contributed by atoms with E-state index in [0.29, 0.717) is 0 Å². The molecule has 0 amide bonds. The smallest absolute Gasteiger partial charge is 0.0546 e. The van der Waals surface area contributed by atoms with E-state index in [0.717, 1.165) is 34.1 Å². The summed E-state index contributed by atoms with van der Waals surface area (Å²) in [7, 11) is 0. The van der Waals surface area contributed by atoms with Gasteiger partial charge in [-0.15, -0.1) is 0 Å². The number of benzene rings is 11. The highest BCUT2D eigenvalue weighted by molar-refractivity contribution is 6.32.